The Balaban J connectivity index is 0.000000304. The second kappa shape index (κ2) is 6.70. The van der Waals surface area contributed by atoms with E-state index in [0.29, 0.717) is 6.54 Å². The summed E-state index contributed by atoms with van der Waals surface area (Å²) in [4.78, 5) is 9.13. The van der Waals surface area contributed by atoms with Crippen LogP contribution in [0.2, 0.25) is 0 Å². The third kappa shape index (κ3) is 7.05. The van der Waals surface area contributed by atoms with Gasteiger partial charge in [0.15, 0.2) is 6.61 Å². The lowest BCUT2D eigenvalue weighted by molar-refractivity contribution is -0.177. The molecule has 1 aliphatic rings. The first-order valence-electron chi connectivity index (χ1n) is 4.60. The Morgan fingerprint density at radius 3 is 2.29 bits per heavy atom. The summed E-state index contributed by atoms with van der Waals surface area (Å²) < 4.78 is 61.2. The van der Waals surface area contributed by atoms with E-state index in [9.17, 15) is 22.0 Å². The third-order valence-corrected chi connectivity index (χ3v) is 1.88. The third-order valence-electron chi connectivity index (χ3n) is 1.88. The molecular weight excluding hydrogens is 251 g/mol. The van der Waals surface area contributed by atoms with Crippen molar-refractivity contribution in [2.75, 3.05) is 26.7 Å². The molecule has 0 aromatic rings. The molecule has 0 aliphatic carbocycles. The summed E-state index contributed by atoms with van der Waals surface area (Å²) in [6.45, 7) is -1.58. The number of rotatable bonds is 3. The molecule has 0 radical (unpaired) electrons. The summed E-state index contributed by atoms with van der Waals surface area (Å²) >= 11 is 0. The molecule has 0 aromatic carbocycles. The van der Waals surface area contributed by atoms with Crippen LogP contribution in [0.4, 0.5) is 22.0 Å². The summed E-state index contributed by atoms with van der Waals surface area (Å²) in [6.07, 6.45) is -4.40. The van der Waals surface area contributed by atoms with Gasteiger partial charge in [0.1, 0.15) is 0 Å². The summed E-state index contributed by atoms with van der Waals surface area (Å²) in [7, 11) is 1.55. The van der Waals surface area contributed by atoms with E-state index in [0.717, 1.165) is 0 Å². The second-order valence-electron chi connectivity index (χ2n) is 3.26. The lowest BCUT2D eigenvalue weighted by Crippen LogP contribution is -2.41. The van der Waals surface area contributed by atoms with Crippen molar-refractivity contribution in [3.8, 4) is 0 Å². The van der Waals surface area contributed by atoms with Gasteiger partial charge in [0.05, 0.1) is 12.6 Å². The van der Waals surface area contributed by atoms with Crippen LogP contribution in [-0.2, 0) is 9.53 Å². The smallest absolute Gasteiger partial charge is 0.422 e. The molecule has 4 nitrogen and oxygen atoms in total. The van der Waals surface area contributed by atoms with Crippen LogP contribution < -0.4 is 10.6 Å². The van der Waals surface area contributed by atoms with Gasteiger partial charge in [0.2, 0.25) is 0 Å². The monoisotopic (exact) mass is 264 g/mol. The Morgan fingerprint density at radius 2 is 2.12 bits per heavy atom. The molecule has 1 fully saturated rings. The van der Waals surface area contributed by atoms with Gasteiger partial charge in [-0.1, -0.05) is 0 Å². The van der Waals surface area contributed by atoms with Crippen LogP contribution in [0.1, 0.15) is 0 Å². The lowest BCUT2D eigenvalue weighted by atomic mass is 10.2. The molecule has 17 heavy (non-hydrogen) atoms. The standard InChI is InChI=1S/C5H10F2N2.C3H3F3O2/c1-8-4-2-9-3-5(4,6)7;4-3(5,6)1-8-2-7/h4,8-9H,2-3H2,1H3;2H,1H2. The maximum absolute atomic E-state index is 12.5. The molecule has 1 aliphatic heterocycles. The van der Waals surface area contributed by atoms with Gasteiger partial charge >= 0.3 is 6.18 Å². The minimum Gasteiger partial charge on any atom is -0.458 e. The second-order valence-corrected chi connectivity index (χ2v) is 3.26. The van der Waals surface area contributed by atoms with E-state index in [1.807, 2.05) is 0 Å². The van der Waals surface area contributed by atoms with E-state index < -0.39 is 24.7 Å². The van der Waals surface area contributed by atoms with Gasteiger partial charge in [-0.3, -0.25) is 4.79 Å². The zero-order valence-corrected chi connectivity index (χ0v) is 8.98. The molecular formula is C8H13F5N2O2. The minimum absolute atomic E-state index is 0.196. The number of carbonyl (C=O) groups excluding carboxylic acids is 1. The van der Waals surface area contributed by atoms with Crippen LogP contribution in [0.3, 0.4) is 0 Å². The summed E-state index contributed by atoms with van der Waals surface area (Å²) in [5.41, 5.74) is 0. The summed E-state index contributed by atoms with van der Waals surface area (Å²) in [5, 5.41) is 5.14. The van der Waals surface area contributed by atoms with Gasteiger partial charge in [-0.05, 0) is 7.05 Å². The highest BCUT2D eigenvalue weighted by Gasteiger charge is 2.42. The number of hydrogen-bond donors (Lipinski definition) is 2. The van der Waals surface area contributed by atoms with Crippen molar-refractivity contribution in [2.45, 2.75) is 18.1 Å². The number of nitrogens with one attached hydrogen (secondary N) is 2. The lowest BCUT2D eigenvalue weighted by Gasteiger charge is -2.15. The van der Waals surface area contributed by atoms with Crippen molar-refractivity contribution in [1.29, 1.82) is 0 Å². The number of alkyl halides is 5. The maximum Gasteiger partial charge on any atom is 0.422 e. The van der Waals surface area contributed by atoms with E-state index in [2.05, 4.69) is 15.4 Å². The van der Waals surface area contributed by atoms with Crippen LogP contribution in [-0.4, -0.2) is 51.4 Å². The summed E-state index contributed by atoms with van der Waals surface area (Å²) in [6, 6.07) is -0.683. The van der Waals surface area contributed by atoms with E-state index >= 15 is 0 Å². The molecule has 2 N–H and O–H groups in total. The first-order valence-corrected chi connectivity index (χ1v) is 4.60. The highest BCUT2D eigenvalue weighted by atomic mass is 19.4. The predicted molar refractivity (Wildman–Crippen MR) is 48.7 cm³/mol. The van der Waals surface area contributed by atoms with E-state index in [1.54, 1.807) is 7.05 Å². The minimum atomic E-state index is -4.40. The van der Waals surface area contributed by atoms with Gasteiger partial charge in [-0.15, -0.1) is 0 Å². The van der Waals surface area contributed by atoms with E-state index in [4.69, 9.17) is 4.79 Å². The fraction of sp³-hybridized carbons (Fsp3) is 0.875. The molecule has 0 spiro atoms. The van der Waals surface area contributed by atoms with Crippen LogP contribution >= 0.6 is 0 Å². The van der Waals surface area contributed by atoms with E-state index in [1.165, 1.54) is 0 Å². The van der Waals surface area contributed by atoms with E-state index in [-0.39, 0.29) is 13.0 Å². The molecule has 102 valence electrons. The molecule has 0 bridgehead atoms. The Morgan fingerprint density at radius 1 is 1.53 bits per heavy atom. The highest BCUT2D eigenvalue weighted by molar-refractivity contribution is 5.36. The Labute approximate surface area is 94.5 Å². The molecule has 1 atom stereocenters. The van der Waals surface area contributed by atoms with Gasteiger partial charge in [-0.25, -0.2) is 8.78 Å². The summed E-state index contributed by atoms with van der Waals surface area (Å²) in [5.74, 6) is -2.56. The SMILES string of the molecule is CNC1CNCC1(F)F.O=COCC(F)(F)F. The molecule has 0 amide bonds. The van der Waals surface area contributed by atoms with Crippen molar-refractivity contribution in [1.82, 2.24) is 10.6 Å². The number of hydrogen-bond acceptors (Lipinski definition) is 4. The first kappa shape index (κ1) is 16.0. The largest absolute Gasteiger partial charge is 0.458 e. The number of likely N-dealkylation sites (N-methyl/N-ethyl adjacent to an activating group) is 1. The van der Waals surface area contributed by atoms with Gasteiger partial charge < -0.3 is 15.4 Å². The van der Waals surface area contributed by atoms with Crippen LogP contribution in [0.5, 0.6) is 0 Å². The zero-order valence-electron chi connectivity index (χ0n) is 8.98. The zero-order chi connectivity index (χ0) is 13.5. The van der Waals surface area contributed by atoms with Crippen molar-refractivity contribution in [3.63, 3.8) is 0 Å². The quantitative estimate of drug-likeness (QED) is 0.577. The van der Waals surface area contributed by atoms with Crippen LogP contribution in [0.15, 0.2) is 0 Å². The van der Waals surface area contributed by atoms with Crippen molar-refractivity contribution in [3.05, 3.63) is 0 Å². The topological polar surface area (TPSA) is 50.4 Å². The average molecular weight is 264 g/mol. The number of halogens is 5. The fourth-order valence-corrected chi connectivity index (χ4v) is 1.10. The molecule has 0 aromatic heterocycles. The first-order chi connectivity index (χ1) is 7.73. The Kier molecular flexibility index (Phi) is 6.32. The van der Waals surface area contributed by atoms with Crippen LogP contribution in [0, 0.1) is 0 Å². The van der Waals surface area contributed by atoms with Crippen LogP contribution in [0.25, 0.3) is 0 Å². The molecule has 9 heteroatoms. The van der Waals surface area contributed by atoms with Gasteiger partial charge in [0, 0.05) is 6.54 Å². The highest BCUT2D eigenvalue weighted by Crippen LogP contribution is 2.20. The Bertz CT molecular complexity index is 234. The van der Waals surface area contributed by atoms with Crippen molar-refractivity contribution >= 4 is 6.47 Å². The molecule has 1 saturated heterocycles. The molecule has 0 saturated carbocycles. The van der Waals surface area contributed by atoms with Crippen molar-refractivity contribution < 1.29 is 31.5 Å². The molecule has 1 heterocycles. The van der Waals surface area contributed by atoms with Crippen molar-refractivity contribution in [2.24, 2.45) is 0 Å². The number of carbonyl (C=O) groups is 1. The predicted octanol–water partition coefficient (Wildman–Crippen LogP) is 0.535. The molecule has 1 rings (SSSR count). The maximum atomic E-state index is 12.5. The Hall–Kier alpha value is -0.960. The fourth-order valence-electron chi connectivity index (χ4n) is 1.10. The normalized spacial score (nSPS) is 22.6. The van der Waals surface area contributed by atoms with Gasteiger partial charge in [0.25, 0.3) is 12.4 Å². The average Bonchev–Trinajstić information content (AvgIpc) is 2.54. The molecule has 1 unspecified atom stereocenters. The van der Waals surface area contributed by atoms with Gasteiger partial charge in [-0.2, -0.15) is 13.2 Å². The number of ether oxygens (including phenoxy) is 1.